The third-order valence-electron chi connectivity index (χ3n) is 3.37. The lowest BCUT2D eigenvalue weighted by Crippen LogP contribution is -2.40. The summed E-state index contributed by atoms with van der Waals surface area (Å²) in [7, 11) is 1.50. The Balaban J connectivity index is 2.01. The number of ether oxygens (including phenoxy) is 2. The molecule has 1 aromatic heterocycles. The number of nitrogens with one attached hydrogen (secondary N) is 2. The number of amides is 2. The molecule has 0 bridgehead atoms. The van der Waals surface area contributed by atoms with Crippen LogP contribution in [0, 0.1) is 6.92 Å². The number of hydrazine groups is 1. The quantitative estimate of drug-likeness (QED) is 0.595. The molecule has 0 aliphatic carbocycles. The van der Waals surface area contributed by atoms with Crippen molar-refractivity contribution in [2.24, 2.45) is 0 Å². The molecule has 2 N–H and O–H groups in total. The Bertz CT molecular complexity index is 829. The molecular weight excluding hydrogens is 360 g/mol. The smallest absolute Gasteiger partial charge is 0.273 e. The van der Waals surface area contributed by atoms with E-state index in [1.165, 1.54) is 25.5 Å². The predicted octanol–water partition coefficient (Wildman–Crippen LogP) is 3.12. The average Bonchev–Trinajstić information content (AvgIpc) is 3.04. The fourth-order valence-corrected chi connectivity index (χ4v) is 2.46. The van der Waals surface area contributed by atoms with E-state index >= 15 is 0 Å². The van der Waals surface area contributed by atoms with Crippen molar-refractivity contribution < 1.29 is 23.5 Å². The zero-order valence-electron chi connectivity index (χ0n) is 14.6. The van der Waals surface area contributed by atoms with Crippen molar-refractivity contribution in [2.75, 3.05) is 13.7 Å². The largest absolute Gasteiger partial charge is 0.491 e. The van der Waals surface area contributed by atoms with Crippen molar-refractivity contribution in [3.05, 3.63) is 52.4 Å². The minimum atomic E-state index is -0.510. The summed E-state index contributed by atoms with van der Waals surface area (Å²) in [6.07, 6.45) is 4.20. The second-order valence-electron chi connectivity index (χ2n) is 5.13. The lowest BCUT2D eigenvalue weighted by Gasteiger charge is -2.11. The second-order valence-corrected chi connectivity index (χ2v) is 5.54. The van der Waals surface area contributed by atoms with Crippen molar-refractivity contribution in [1.29, 1.82) is 0 Å². The molecule has 0 spiro atoms. The fraction of sp³-hybridized carbons (Fsp3) is 0.222. The molecule has 8 heteroatoms. The minimum absolute atomic E-state index is 0.345. The fourth-order valence-electron chi connectivity index (χ4n) is 2.17. The van der Waals surface area contributed by atoms with Crippen LogP contribution in [0.5, 0.6) is 11.5 Å². The van der Waals surface area contributed by atoms with Gasteiger partial charge < -0.3 is 13.9 Å². The number of furan rings is 1. The van der Waals surface area contributed by atoms with Gasteiger partial charge in [-0.1, -0.05) is 11.6 Å². The summed E-state index contributed by atoms with van der Waals surface area (Å²) in [4.78, 5) is 23.7. The first-order valence-electron chi connectivity index (χ1n) is 7.79. The number of carbonyl (C=O) groups is 2. The van der Waals surface area contributed by atoms with E-state index in [-0.39, 0.29) is 0 Å². The van der Waals surface area contributed by atoms with Gasteiger partial charge in [0.15, 0.2) is 11.5 Å². The van der Waals surface area contributed by atoms with Gasteiger partial charge in [0.2, 0.25) is 0 Å². The third kappa shape index (κ3) is 4.80. The Labute approximate surface area is 155 Å². The number of rotatable bonds is 6. The third-order valence-corrected chi connectivity index (χ3v) is 3.65. The number of methoxy groups -OCH3 is 1. The van der Waals surface area contributed by atoms with E-state index in [1.54, 1.807) is 25.1 Å². The van der Waals surface area contributed by atoms with Crippen LogP contribution in [0.3, 0.4) is 0 Å². The zero-order valence-corrected chi connectivity index (χ0v) is 15.3. The van der Waals surface area contributed by atoms with Gasteiger partial charge in [0.25, 0.3) is 11.8 Å². The van der Waals surface area contributed by atoms with Gasteiger partial charge in [-0.05, 0) is 43.7 Å². The van der Waals surface area contributed by atoms with Gasteiger partial charge >= 0.3 is 0 Å². The molecule has 0 aliphatic heterocycles. The monoisotopic (exact) mass is 378 g/mol. The summed E-state index contributed by atoms with van der Waals surface area (Å²) < 4.78 is 15.7. The highest BCUT2D eigenvalue weighted by Crippen LogP contribution is 2.36. The maximum Gasteiger partial charge on any atom is 0.273 e. The highest BCUT2D eigenvalue weighted by molar-refractivity contribution is 6.32. The van der Waals surface area contributed by atoms with Gasteiger partial charge in [-0.3, -0.25) is 20.4 Å². The number of hydrogen-bond acceptors (Lipinski definition) is 5. The highest BCUT2D eigenvalue weighted by Gasteiger charge is 2.12. The Morgan fingerprint density at radius 1 is 1.31 bits per heavy atom. The zero-order chi connectivity index (χ0) is 19.1. The average molecular weight is 379 g/mol. The van der Waals surface area contributed by atoms with Crippen LogP contribution < -0.4 is 20.3 Å². The molecule has 1 heterocycles. The van der Waals surface area contributed by atoms with E-state index in [0.717, 1.165) is 0 Å². The SMILES string of the molecule is CCOc1cc(/C=C/C(=O)NNC(=O)c2ccoc2C)cc(Cl)c1OC. The Kier molecular flexibility index (Phi) is 6.68. The normalized spacial score (nSPS) is 10.6. The Morgan fingerprint density at radius 2 is 2.08 bits per heavy atom. The number of benzene rings is 1. The lowest BCUT2D eigenvalue weighted by atomic mass is 10.2. The first-order chi connectivity index (χ1) is 12.5. The molecule has 1 aromatic carbocycles. The number of halogens is 1. The number of aryl methyl sites for hydroxylation is 1. The first-order valence-corrected chi connectivity index (χ1v) is 8.16. The molecule has 0 unspecified atom stereocenters. The van der Waals surface area contributed by atoms with Gasteiger partial charge in [0.05, 0.1) is 30.6 Å². The van der Waals surface area contributed by atoms with Crippen LogP contribution in [0.15, 0.2) is 35.0 Å². The van der Waals surface area contributed by atoms with Crippen LogP contribution in [-0.4, -0.2) is 25.5 Å². The molecule has 2 rings (SSSR count). The van der Waals surface area contributed by atoms with Gasteiger partial charge in [-0.15, -0.1) is 0 Å². The topological polar surface area (TPSA) is 89.8 Å². The van der Waals surface area contributed by atoms with Crippen molar-refractivity contribution in [1.82, 2.24) is 10.9 Å². The standard InChI is InChI=1S/C18H19ClN2O5/c1-4-25-15-10-12(9-14(19)17(15)24-3)5-6-16(22)20-21-18(23)13-7-8-26-11(13)2/h5-10H,4H2,1-3H3,(H,20,22)(H,21,23)/b6-5+. The van der Waals surface area contributed by atoms with Crippen LogP contribution in [0.2, 0.25) is 5.02 Å². The van der Waals surface area contributed by atoms with Crippen LogP contribution in [0.25, 0.3) is 6.08 Å². The minimum Gasteiger partial charge on any atom is -0.491 e. The van der Waals surface area contributed by atoms with E-state index in [0.29, 0.717) is 40.0 Å². The van der Waals surface area contributed by atoms with Crippen LogP contribution in [0.1, 0.15) is 28.6 Å². The van der Waals surface area contributed by atoms with E-state index < -0.39 is 11.8 Å². The maximum atomic E-state index is 11.9. The Hall–Kier alpha value is -2.93. The van der Waals surface area contributed by atoms with Crippen LogP contribution >= 0.6 is 11.6 Å². The molecular formula is C18H19ClN2O5. The van der Waals surface area contributed by atoms with Gasteiger partial charge in [0, 0.05) is 6.08 Å². The molecule has 0 saturated heterocycles. The van der Waals surface area contributed by atoms with E-state index in [9.17, 15) is 9.59 Å². The predicted molar refractivity (Wildman–Crippen MR) is 97.3 cm³/mol. The second kappa shape index (κ2) is 8.96. The van der Waals surface area contributed by atoms with E-state index in [2.05, 4.69) is 10.9 Å². The molecule has 0 saturated carbocycles. The highest BCUT2D eigenvalue weighted by atomic mass is 35.5. The summed E-state index contributed by atoms with van der Waals surface area (Å²) in [6.45, 7) is 3.94. The van der Waals surface area contributed by atoms with Crippen LogP contribution in [0.4, 0.5) is 0 Å². The van der Waals surface area contributed by atoms with Gasteiger partial charge in [-0.2, -0.15) is 0 Å². The summed E-state index contributed by atoms with van der Waals surface area (Å²) in [5.41, 5.74) is 5.58. The molecule has 0 atom stereocenters. The van der Waals surface area contributed by atoms with Crippen molar-refractivity contribution in [3.8, 4) is 11.5 Å². The first kappa shape index (κ1) is 19.4. The van der Waals surface area contributed by atoms with Gasteiger partial charge in [-0.25, -0.2) is 0 Å². The molecule has 2 amide bonds. The van der Waals surface area contributed by atoms with Crippen molar-refractivity contribution >= 4 is 29.5 Å². The number of carbonyl (C=O) groups excluding carboxylic acids is 2. The number of hydrogen-bond donors (Lipinski definition) is 2. The van der Waals surface area contributed by atoms with Crippen molar-refractivity contribution in [2.45, 2.75) is 13.8 Å². The summed E-state index contributed by atoms with van der Waals surface area (Å²) in [6, 6.07) is 4.85. The molecule has 138 valence electrons. The molecule has 2 aromatic rings. The molecule has 7 nitrogen and oxygen atoms in total. The summed E-state index contributed by atoms with van der Waals surface area (Å²) in [5.74, 6) is 0.390. The molecule has 0 radical (unpaired) electrons. The lowest BCUT2D eigenvalue weighted by molar-refractivity contribution is -0.117. The Morgan fingerprint density at radius 3 is 2.69 bits per heavy atom. The van der Waals surface area contributed by atoms with Gasteiger partial charge in [0.1, 0.15) is 5.76 Å². The molecule has 0 fully saturated rings. The summed E-state index contributed by atoms with van der Waals surface area (Å²) >= 11 is 6.15. The maximum absolute atomic E-state index is 11.9. The van der Waals surface area contributed by atoms with Crippen LogP contribution in [-0.2, 0) is 4.79 Å². The van der Waals surface area contributed by atoms with E-state index in [1.807, 2.05) is 6.92 Å². The molecule has 0 aliphatic rings. The molecule has 26 heavy (non-hydrogen) atoms. The van der Waals surface area contributed by atoms with E-state index in [4.69, 9.17) is 25.5 Å². The summed E-state index contributed by atoms with van der Waals surface area (Å²) in [5, 5.41) is 0.363. The van der Waals surface area contributed by atoms with Crippen molar-refractivity contribution in [3.63, 3.8) is 0 Å².